The van der Waals surface area contributed by atoms with Crippen molar-refractivity contribution in [1.82, 2.24) is 15.0 Å². The molecule has 2 aromatic heterocycles. The molecule has 9 heteroatoms. The average molecular weight is 410 g/mol. The molecule has 0 aliphatic carbocycles. The summed E-state index contributed by atoms with van der Waals surface area (Å²) in [5.41, 5.74) is 0.516. The summed E-state index contributed by atoms with van der Waals surface area (Å²) in [6, 6.07) is 8.86. The van der Waals surface area contributed by atoms with Gasteiger partial charge in [-0.25, -0.2) is 23.7 Å². The third kappa shape index (κ3) is 3.61. The fourth-order valence-corrected chi connectivity index (χ4v) is 3.69. The van der Waals surface area contributed by atoms with Crippen LogP contribution in [0.2, 0.25) is 10.0 Å². The average Bonchev–Trinajstić information content (AvgIpc) is 2.67. The molecule has 0 bridgehead atoms. The number of alkyl halides is 2. The Morgan fingerprint density at radius 3 is 2.26 bits per heavy atom. The Balaban J connectivity index is 1.61. The summed E-state index contributed by atoms with van der Waals surface area (Å²) in [5.74, 6) is 0.751. The maximum atomic E-state index is 13.2. The molecule has 1 saturated heterocycles. The highest BCUT2D eigenvalue weighted by Gasteiger charge is 2.24. The first kappa shape index (κ1) is 18.1. The largest absolute Gasteiger partial charge is 0.352 e. The van der Waals surface area contributed by atoms with Crippen LogP contribution in [0, 0.1) is 0 Å². The molecule has 0 N–H and O–H groups in total. The van der Waals surface area contributed by atoms with Crippen molar-refractivity contribution >= 4 is 45.7 Å². The second kappa shape index (κ2) is 7.40. The number of aromatic nitrogens is 3. The van der Waals surface area contributed by atoms with Crippen LogP contribution in [-0.2, 0) is 0 Å². The Labute approximate surface area is 164 Å². The molecule has 0 spiro atoms. The highest BCUT2D eigenvalue weighted by atomic mass is 35.5. The van der Waals surface area contributed by atoms with Crippen LogP contribution in [-0.4, -0.2) is 41.1 Å². The third-order valence-corrected chi connectivity index (χ3v) is 4.95. The predicted octanol–water partition coefficient (Wildman–Crippen LogP) is 4.60. The molecule has 27 heavy (non-hydrogen) atoms. The SMILES string of the molecule is FC(F)c1nc(N2CCN(c3ncc(Cl)cc3Cl)CC2)c2ccccc2n1. The number of para-hydroxylation sites is 1. The van der Waals surface area contributed by atoms with Crippen molar-refractivity contribution in [1.29, 1.82) is 0 Å². The van der Waals surface area contributed by atoms with Gasteiger partial charge in [-0.1, -0.05) is 35.3 Å². The van der Waals surface area contributed by atoms with Gasteiger partial charge >= 0.3 is 0 Å². The van der Waals surface area contributed by atoms with Crippen LogP contribution in [0.5, 0.6) is 0 Å². The molecule has 0 atom stereocenters. The lowest BCUT2D eigenvalue weighted by Crippen LogP contribution is -2.47. The number of nitrogens with zero attached hydrogens (tertiary/aromatic N) is 5. The van der Waals surface area contributed by atoms with E-state index in [0.29, 0.717) is 53.4 Å². The van der Waals surface area contributed by atoms with E-state index in [1.165, 1.54) is 0 Å². The number of halogens is 4. The van der Waals surface area contributed by atoms with E-state index < -0.39 is 12.2 Å². The van der Waals surface area contributed by atoms with E-state index in [0.717, 1.165) is 5.39 Å². The highest BCUT2D eigenvalue weighted by molar-refractivity contribution is 6.36. The lowest BCUT2D eigenvalue weighted by Gasteiger charge is -2.36. The van der Waals surface area contributed by atoms with Crippen molar-refractivity contribution in [2.24, 2.45) is 0 Å². The number of benzene rings is 1. The normalized spacial score (nSPS) is 15.0. The van der Waals surface area contributed by atoms with E-state index in [-0.39, 0.29) is 0 Å². The number of hydrogen-bond acceptors (Lipinski definition) is 5. The summed E-state index contributed by atoms with van der Waals surface area (Å²) in [7, 11) is 0. The topological polar surface area (TPSA) is 45.2 Å². The second-order valence-electron chi connectivity index (χ2n) is 6.16. The van der Waals surface area contributed by atoms with Crippen LogP contribution < -0.4 is 9.80 Å². The van der Waals surface area contributed by atoms with Gasteiger partial charge in [-0.15, -0.1) is 0 Å². The van der Waals surface area contributed by atoms with Crippen molar-refractivity contribution in [2.45, 2.75) is 6.43 Å². The van der Waals surface area contributed by atoms with E-state index in [1.54, 1.807) is 24.4 Å². The van der Waals surface area contributed by atoms with Crippen molar-refractivity contribution in [3.05, 3.63) is 52.4 Å². The molecule has 0 amide bonds. The van der Waals surface area contributed by atoms with E-state index in [9.17, 15) is 8.78 Å². The Bertz CT molecular complexity index is 977. The lowest BCUT2D eigenvalue weighted by atomic mass is 10.2. The highest BCUT2D eigenvalue weighted by Crippen LogP contribution is 2.30. The van der Waals surface area contributed by atoms with Gasteiger partial charge in [0.15, 0.2) is 5.82 Å². The number of rotatable bonds is 3. The van der Waals surface area contributed by atoms with Gasteiger partial charge in [0.1, 0.15) is 11.6 Å². The van der Waals surface area contributed by atoms with Gasteiger partial charge in [-0.2, -0.15) is 0 Å². The quantitative estimate of drug-likeness (QED) is 0.632. The van der Waals surface area contributed by atoms with Crippen LogP contribution >= 0.6 is 23.2 Å². The predicted molar refractivity (Wildman–Crippen MR) is 103 cm³/mol. The first-order chi connectivity index (χ1) is 13.0. The van der Waals surface area contributed by atoms with Crippen molar-refractivity contribution in [3.8, 4) is 0 Å². The lowest BCUT2D eigenvalue weighted by molar-refractivity contribution is 0.141. The van der Waals surface area contributed by atoms with Gasteiger partial charge in [0.25, 0.3) is 6.43 Å². The number of hydrogen-bond donors (Lipinski definition) is 0. The van der Waals surface area contributed by atoms with E-state index in [4.69, 9.17) is 23.2 Å². The molecule has 0 radical (unpaired) electrons. The van der Waals surface area contributed by atoms with Crippen molar-refractivity contribution in [3.63, 3.8) is 0 Å². The summed E-state index contributed by atoms with van der Waals surface area (Å²) in [5, 5.41) is 1.73. The summed E-state index contributed by atoms with van der Waals surface area (Å²) in [4.78, 5) is 16.5. The number of piperazine rings is 1. The Morgan fingerprint density at radius 2 is 1.59 bits per heavy atom. The zero-order chi connectivity index (χ0) is 19.0. The van der Waals surface area contributed by atoms with Crippen LogP contribution in [0.25, 0.3) is 10.9 Å². The van der Waals surface area contributed by atoms with Crippen LogP contribution in [0.15, 0.2) is 36.5 Å². The minimum Gasteiger partial charge on any atom is -0.352 e. The van der Waals surface area contributed by atoms with Gasteiger partial charge in [0.05, 0.1) is 15.6 Å². The molecule has 1 aliphatic rings. The van der Waals surface area contributed by atoms with Crippen molar-refractivity contribution < 1.29 is 8.78 Å². The summed E-state index contributed by atoms with van der Waals surface area (Å²) >= 11 is 12.1. The standard InChI is InChI=1S/C18H15Cl2F2N5/c19-11-9-13(20)18(23-10-11)27-7-5-26(6-8-27)17-12-3-1-2-4-14(12)24-16(25-17)15(21)22/h1-4,9-10,15H,5-8H2. The minimum atomic E-state index is -2.72. The summed E-state index contributed by atoms with van der Waals surface area (Å²) in [6.07, 6.45) is -1.16. The Kier molecular flexibility index (Phi) is 4.97. The van der Waals surface area contributed by atoms with Crippen molar-refractivity contribution in [2.75, 3.05) is 36.0 Å². The van der Waals surface area contributed by atoms with E-state index in [1.807, 2.05) is 21.9 Å². The fraction of sp³-hybridized carbons (Fsp3) is 0.278. The Hall–Kier alpha value is -2.25. The maximum absolute atomic E-state index is 13.2. The molecule has 0 unspecified atom stereocenters. The molecule has 140 valence electrons. The fourth-order valence-electron chi connectivity index (χ4n) is 3.19. The van der Waals surface area contributed by atoms with Crippen LogP contribution in [0.1, 0.15) is 12.2 Å². The zero-order valence-corrected chi connectivity index (χ0v) is 15.6. The molecule has 1 fully saturated rings. The smallest absolute Gasteiger partial charge is 0.297 e. The molecular weight excluding hydrogens is 395 g/mol. The first-order valence-electron chi connectivity index (χ1n) is 8.38. The van der Waals surface area contributed by atoms with Gasteiger partial charge in [-0.3, -0.25) is 0 Å². The molecule has 3 aromatic rings. The van der Waals surface area contributed by atoms with E-state index in [2.05, 4.69) is 15.0 Å². The summed E-state index contributed by atoms with van der Waals surface area (Å²) in [6.45, 7) is 2.47. The molecule has 4 rings (SSSR count). The number of fused-ring (bicyclic) bond motifs is 1. The molecule has 1 aliphatic heterocycles. The van der Waals surface area contributed by atoms with Gasteiger partial charge < -0.3 is 9.80 Å². The van der Waals surface area contributed by atoms with E-state index >= 15 is 0 Å². The molecule has 0 saturated carbocycles. The number of anilines is 2. The van der Waals surface area contributed by atoms with Crippen LogP contribution in [0.3, 0.4) is 0 Å². The van der Waals surface area contributed by atoms with Gasteiger partial charge in [-0.05, 0) is 18.2 Å². The molecule has 1 aromatic carbocycles. The summed E-state index contributed by atoms with van der Waals surface area (Å²) < 4.78 is 26.4. The van der Waals surface area contributed by atoms with Gasteiger partial charge in [0, 0.05) is 37.8 Å². The van der Waals surface area contributed by atoms with Crippen LogP contribution in [0.4, 0.5) is 20.4 Å². The molecular formula is C18H15Cl2F2N5. The number of pyridine rings is 1. The molecule has 5 nitrogen and oxygen atoms in total. The Morgan fingerprint density at radius 1 is 0.926 bits per heavy atom. The second-order valence-corrected chi connectivity index (χ2v) is 7.00. The monoisotopic (exact) mass is 409 g/mol. The minimum absolute atomic E-state index is 0.450. The molecule has 3 heterocycles. The van der Waals surface area contributed by atoms with Gasteiger partial charge in [0.2, 0.25) is 0 Å². The zero-order valence-electron chi connectivity index (χ0n) is 14.1. The third-order valence-electron chi connectivity index (χ3n) is 4.46. The first-order valence-corrected chi connectivity index (χ1v) is 9.14. The maximum Gasteiger partial charge on any atom is 0.297 e.